The lowest BCUT2D eigenvalue weighted by Gasteiger charge is -2.36. The summed E-state index contributed by atoms with van der Waals surface area (Å²) in [7, 11) is 0. The summed E-state index contributed by atoms with van der Waals surface area (Å²) in [6, 6.07) is 4.99. The minimum absolute atomic E-state index is 0.225. The Morgan fingerprint density at radius 1 is 1.37 bits per heavy atom. The minimum atomic E-state index is -0.225. The summed E-state index contributed by atoms with van der Waals surface area (Å²) in [5.74, 6) is 0.382. The first kappa shape index (κ1) is 13.6. The van der Waals surface area contributed by atoms with Gasteiger partial charge in [0.15, 0.2) is 5.79 Å². The lowest BCUT2D eigenvalue weighted by atomic mass is 9.90. The van der Waals surface area contributed by atoms with Gasteiger partial charge in [0.1, 0.15) is 0 Å². The molecule has 106 valence electrons. The van der Waals surface area contributed by atoms with Crippen LogP contribution in [0.15, 0.2) is 17.5 Å². The summed E-state index contributed by atoms with van der Waals surface area (Å²) in [6.45, 7) is 4.91. The lowest BCUT2D eigenvalue weighted by Crippen LogP contribution is -2.42. The summed E-state index contributed by atoms with van der Waals surface area (Å²) in [5.41, 5.74) is 0. The van der Waals surface area contributed by atoms with Crippen molar-refractivity contribution < 1.29 is 9.47 Å². The molecule has 1 aliphatic heterocycles. The molecule has 0 amide bonds. The van der Waals surface area contributed by atoms with E-state index in [4.69, 9.17) is 9.47 Å². The molecule has 19 heavy (non-hydrogen) atoms. The smallest absolute Gasteiger partial charge is 0.168 e. The number of rotatable bonds is 4. The Kier molecular flexibility index (Phi) is 4.22. The van der Waals surface area contributed by atoms with Crippen LogP contribution in [0.2, 0.25) is 0 Å². The van der Waals surface area contributed by atoms with E-state index in [2.05, 4.69) is 29.8 Å². The monoisotopic (exact) mass is 281 g/mol. The molecule has 0 radical (unpaired) electrons. The van der Waals surface area contributed by atoms with Crippen molar-refractivity contribution in [2.24, 2.45) is 0 Å². The van der Waals surface area contributed by atoms with Crippen molar-refractivity contribution in [1.82, 2.24) is 5.32 Å². The Hall–Kier alpha value is -0.420. The Labute approximate surface area is 119 Å². The maximum atomic E-state index is 5.77. The second-order valence-electron chi connectivity index (χ2n) is 5.71. The van der Waals surface area contributed by atoms with Gasteiger partial charge in [0.25, 0.3) is 0 Å². The lowest BCUT2D eigenvalue weighted by molar-refractivity contribution is -0.179. The summed E-state index contributed by atoms with van der Waals surface area (Å²) in [6.07, 6.45) is 4.41. The molecule has 1 spiro atoms. The van der Waals surface area contributed by atoms with E-state index < -0.39 is 0 Å². The second-order valence-corrected chi connectivity index (χ2v) is 6.69. The zero-order valence-corrected chi connectivity index (χ0v) is 12.4. The van der Waals surface area contributed by atoms with E-state index in [9.17, 15) is 0 Å². The van der Waals surface area contributed by atoms with Crippen molar-refractivity contribution >= 4 is 11.3 Å². The molecule has 1 aromatic rings. The van der Waals surface area contributed by atoms with Crippen molar-refractivity contribution in [3.63, 3.8) is 0 Å². The molecule has 3 nitrogen and oxygen atoms in total. The van der Waals surface area contributed by atoms with E-state index in [1.54, 1.807) is 0 Å². The molecule has 0 bridgehead atoms. The van der Waals surface area contributed by atoms with Gasteiger partial charge in [0.2, 0.25) is 0 Å². The van der Waals surface area contributed by atoms with E-state index in [0.29, 0.717) is 12.0 Å². The van der Waals surface area contributed by atoms with Crippen LogP contribution in [-0.2, 0) is 9.47 Å². The molecular weight excluding hydrogens is 258 g/mol. The van der Waals surface area contributed by atoms with E-state index in [0.717, 1.165) is 45.4 Å². The van der Waals surface area contributed by atoms with Crippen LogP contribution < -0.4 is 5.32 Å². The summed E-state index contributed by atoms with van der Waals surface area (Å²) in [4.78, 5) is 1.47. The van der Waals surface area contributed by atoms with Gasteiger partial charge in [-0.3, -0.25) is 0 Å². The molecule has 1 aliphatic carbocycles. The topological polar surface area (TPSA) is 30.5 Å². The third-order valence-corrected chi connectivity index (χ3v) is 5.41. The highest BCUT2D eigenvalue weighted by atomic mass is 32.1. The number of ether oxygens (including phenoxy) is 2. The Bertz CT molecular complexity index is 377. The van der Waals surface area contributed by atoms with Crippen LogP contribution in [0.3, 0.4) is 0 Å². The van der Waals surface area contributed by atoms with Crippen LogP contribution in [0.1, 0.15) is 43.4 Å². The molecule has 1 saturated carbocycles. The van der Waals surface area contributed by atoms with Crippen LogP contribution in [-0.4, -0.2) is 31.6 Å². The zero-order valence-electron chi connectivity index (χ0n) is 11.6. The molecular formula is C15H23NO2S. The molecule has 1 atom stereocenters. The summed E-state index contributed by atoms with van der Waals surface area (Å²) >= 11 is 1.85. The molecule has 1 saturated heterocycles. The fraction of sp³-hybridized carbons (Fsp3) is 0.733. The summed E-state index contributed by atoms with van der Waals surface area (Å²) < 4.78 is 11.5. The van der Waals surface area contributed by atoms with E-state index in [1.807, 2.05) is 11.3 Å². The third kappa shape index (κ3) is 3.19. The number of hydrogen-bond acceptors (Lipinski definition) is 4. The Balaban J connectivity index is 1.42. The van der Waals surface area contributed by atoms with Gasteiger partial charge >= 0.3 is 0 Å². The number of thiophene rings is 1. The second kappa shape index (κ2) is 5.92. The highest BCUT2D eigenvalue weighted by Crippen LogP contribution is 2.35. The zero-order chi connectivity index (χ0) is 13.1. The van der Waals surface area contributed by atoms with Gasteiger partial charge in [0.05, 0.1) is 13.2 Å². The molecule has 2 fully saturated rings. The van der Waals surface area contributed by atoms with Crippen LogP contribution in [0.25, 0.3) is 0 Å². The average molecular weight is 281 g/mol. The third-order valence-electron chi connectivity index (χ3n) is 4.30. The van der Waals surface area contributed by atoms with Crippen LogP contribution in [0.4, 0.5) is 0 Å². The van der Waals surface area contributed by atoms with E-state index in [-0.39, 0.29) is 5.79 Å². The van der Waals surface area contributed by atoms with Gasteiger partial charge in [0, 0.05) is 36.2 Å². The fourth-order valence-electron chi connectivity index (χ4n) is 3.06. The van der Waals surface area contributed by atoms with Crippen molar-refractivity contribution in [2.45, 2.75) is 50.4 Å². The first-order valence-corrected chi connectivity index (χ1v) is 8.20. The average Bonchev–Trinajstić information content (AvgIpc) is 3.09. The van der Waals surface area contributed by atoms with Gasteiger partial charge in [-0.15, -0.1) is 11.3 Å². The SMILES string of the molecule is C[C@H](CNC1CCC2(CC1)OCCO2)c1cccs1. The standard InChI is InChI=1S/C15H23NO2S/c1-12(14-3-2-10-19-14)11-16-13-4-6-15(7-5-13)17-8-9-18-15/h2-3,10,12-13,16H,4-9,11H2,1H3/t12-/m1/s1. The first-order chi connectivity index (χ1) is 9.27. The predicted molar refractivity (Wildman–Crippen MR) is 77.6 cm³/mol. The predicted octanol–water partition coefficient (Wildman–Crippen LogP) is 3.13. The van der Waals surface area contributed by atoms with E-state index in [1.165, 1.54) is 4.88 Å². The van der Waals surface area contributed by atoms with Crippen LogP contribution >= 0.6 is 11.3 Å². The van der Waals surface area contributed by atoms with Gasteiger partial charge < -0.3 is 14.8 Å². The van der Waals surface area contributed by atoms with Crippen molar-refractivity contribution in [1.29, 1.82) is 0 Å². The maximum absolute atomic E-state index is 5.77. The van der Waals surface area contributed by atoms with E-state index >= 15 is 0 Å². The molecule has 3 rings (SSSR count). The number of hydrogen-bond donors (Lipinski definition) is 1. The molecule has 0 unspecified atom stereocenters. The Morgan fingerprint density at radius 2 is 2.11 bits per heavy atom. The Morgan fingerprint density at radius 3 is 2.74 bits per heavy atom. The van der Waals surface area contributed by atoms with Gasteiger partial charge in [-0.1, -0.05) is 13.0 Å². The maximum Gasteiger partial charge on any atom is 0.168 e. The fourth-order valence-corrected chi connectivity index (χ4v) is 3.85. The van der Waals surface area contributed by atoms with Gasteiger partial charge in [-0.25, -0.2) is 0 Å². The first-order valence-electron chi connectivity index (χ1n) is 7.32. The molecule has 2 heterocycles. The van der Waals surface area contributed by atoms with Crippen LogP contribution in [0, 0.1) is 0 Å². The molecule has 4 heteroatoms. The normalized spacial score (nSPS) is 24.9. The van der Waals surface area contributed by atoms with Crippen molar-refractivity contribution in [3.8, 4) is 0 Å². The molecule has 1 aromatic heterocycles. The molecule has 1 N–H and O–H groups in total. The molecule has 2 aliphatic rings. The van der Waals surface area contributed by atoms with Crippen LogP contribution in [0.5, 0.6) is 0 Å². The quantitative estimate of drug-likeness (QED) is 0.920. The van der Waals surface area contributed by atoms with Crippen molar-refractivity contribution in [3.05, 3.63) is 22.4 Å². The molecule has 0 aromatic carbocycles. The number of nitrogens with one attached hydrogen (secondary N) is 1. The highest BCUT2D eigenvalue weighted by Gasteiger charge is 2.40. The highest BCUT2D eigenvalue weighted by molar-refractivity contribution is 7.10. The van der Waals surface area contributed by atoms with Crippen molar-refractivity contribution in [2.75, 3.05) is 19.8 Å². The minimum Gasteiger partial charge on any atom is -0.348 e. The largest absolute Gasteiger partial charge is 0.348 e. The van der Waals surface area contributed by atoms with Gasteiger partial charge in [-0.2, -0.15) is 0 Å². The summed E-state index contributed by atoms with van der Waals surface area (Å²) in [5, 5.41) is 5.87. The van der Waals surface area contributed by atoms with Gasteiger partial charge in [-0.05, 0) is 24.3 Å².